The highest BCUT2D eigenvalue weighted by molar-refractivity contribution is 7.98. The van der Waals surface area contributed by atoms with Crippen molar-refractivity contribution in [2.24, 2.45) is 0 Å². The van der Waals surface area contributed by atoms with Crippen molar-refractivity contribution in [1.29, 1.82) is 0 Å². The van der Waals surface area contributed by atoms with Gasteiger partial charge in [-0.3, -0.25) is 9.36 Å². The van der Waals surface area contributed by atoms with Gasteiger partial charge in [-0.15, -0.1) is 17.9 Å². The lowest BCUT2D eigenvalue weighted by Crippen LogP contribution is -2.22. The molecule has 0 atom stereocenters. The summed E-state index contributed by atoms with van der Waals surface area (Å²) in [5.41, 5.74) is 5.68. The van der Waals surface area contributed by atoms with Crippen LogP contribution in [0.15, 0.2) is 34.1 Å². The highest BCUT2D eigenvalue weighted by Crippen LogP contribution is 2.23. The van der Waals surface area contributed by atoms with Crippen molar-refractivity contribution in [3.05, 3.63) is 40.3 Å². The summed E-state index contributed by atoms with van der Waals surface area (Å²) in [5.74, 6) is 1.62. The van der Waals surface area contributed by atoms with Gasteiger partial charge in [-0.1, -0.05) is 17.8 Å². The molecule has 0 bridgehead atoms. The Bertz CT molecular complexity index is 980. The van der Waals surface area contributed by atoms with Crippen LogP contribution in [0.2, 0.25) is 0 Å². The van der Waals surface area contributed by atoms with E-state index in [-0.39, 0.29) is 11.5 Å². The van der Waals surface area contributed by atoms with Crippen molar-refractivity contribution < 1.29 is 0 Å². The molecular weight excluding hydrogens is 358 g/mol. The second kappa shape index (κ2) is 7.19. The van der Waals surface area contributed by atoms with E-state index < -0.39 is 0 Å². The molecule has 0 saturated heterocycles. The highest BCUT2D eigenvalue weighted by Gasteiger charge is 2.13. The fourth-order valence-electron chi connectivity index (χ4n) is 2.15. The number of hydrogen-bond acceptors (Lipinski definition) is 9. The van der Waals surface area contributed by atoms with Gasteiger partial charge in [0.1, 0.15) is 10.7 Å². The molecule has 0 amide bonds. The third-order valence-corrected chi connectivity index (χ3v) is 5.06. The first-order valence-electron chi connectivity index (χ1n) is 7.39. The van der Waals surface area contributed by atoms with E-state index in [9.17, 15) is 4.79 Å². The van der Waals surface area contributed by atoms with Crippen molar-refractivity contribution in [1.82, 2.24) is 24.5 Å². The maximum atomic E-state index is 12.6. The van der Waals surface area contributed by atoms with Gasteiger partial charge >= 0.3 is 0 Å². The van der Waals surface area contributed by atoms with E-state index >= 15 is 0 Å². The zero-order valence-corrected chi connectivity index (χ0v) is 15.5. The van der Waals surface area contributed by atoms with Gasteiger partial charge in [-0.25, -0.2) is 4.98 Å². The van der Waals surface area contributed by atoms with E-state index in [1.54, 1.807) is 21.6 Å². The number of rotatable bonds is 6. The molecular formula is C15H17N7OS2. The van der Waals surface area contributed by atoms with Crippen molar-refractivity contribution in [2.45, 2.75) is 17.5 Å². The van der Waals surface area contributed by atoms with Crippen LogP contribution < -0.4 is 16.2 Å². The SMILES string of the molecule is C=CCn1c(SCc2nc(N)nc(N(C)C)n2)nc2sccc2c1=O. The number of thioether (sulfide) groups is 1. The molecule has 3 heterocycles. The summed E-state index contributed by atoms with van der Waals surface area (Å²) in [5, 5.41) is 3.09. The van der Waals surface area contributed by atoms with Crippen LogP contribution in [0.3, 0.4) is 0 Å². The number of aromatic nitrogens is 5. The minimum Gasteiger partial charge on any atom is -0.368 e. The molecule has 10 heteroatoms. The van der Waals surface area contributed by atoms with Crippen LogP contribution in [-0.2, 0) is 12.3 Å². The molecule has 0 aromatic carbocycles. The van der Waals surface area contributed by atoms with Gasteiger partial charge in [0.05, 0.1) is 11.1 Å². The summed E-state index contributed by atoms with van der Waals surface area (Å²) in [6, 6.07) is 1.79. The molecule has 0 aliphatic rings. The highest BCUT2D eigenvalue weighted by atomic mass is 32.2. The number of nitrogens with two attached hydrogens (primary N) is 1. The monoisotopic (exact) mass is 375 g/mol. The molecule has 3 aromatic rings. The molecule has 0 fully saturated rings. The van der Waals surface area contributed by atoms with E-state index in [1.165, 1.54) is 23.1 Å². The molecule has 8 nitrogen and oxygen atoms in total. The first-order valence-corrected chi connectivity index (χ1v) is 9.25. The molecule has 0 radical (unpaired) electrons. The minimum atomic E-state index is -0.0715. The normalized spacial score (nSPS) is 11.0. The second-order valence-corrected chi connectivity index (χ2v) is 7.17. The van der Waals surface area contributed by atoms with Crippen LogP contribution in [0, 0.1) is 0 Å². The summed E-state index contributed by atoms with van der Waals surface area (Å²) in [6.45, 7) is 4.11. The van der Waals surface area contributed by atoms with Crippen molar-refractivity contribution in [3.8, 4) is 0 Å². The van der Waals surface area contributed by atoms with E-state index in [1.807, 2.05) is 19.5 Å². The van der Waals surface area contributed by atoms with Gasteiger partial charge in [-0.2, -0.15) is 15.0 Å². The number of nitrogens with zero attached hydrogens (tertiary/aromatic N) is 6. The average molecular weight is 375 g/mol. The Labute approximate surface area is 152 Å². The predicted octanol–water partition coefficient (Wildman–Crippen LogP) is 1.77. The number of hydrogen-bond donors (Lipinski definition) is 1. The molecule has 3 aromatic heterocycles. The smallest absolute Gasteiger partial charge is 0.263 e. The van der Waals surface area contributed by atoms with Gasteiger partial charge in [0.25, 0.3) is 5.56 Å². The maximum Gasteiger partial charge on any atom is 0.263 e. The van der Waals surface area contributed by atoms with Crippen LogP contribution in [0.5, 0.6) is 0 Å². The van der Waals surface area contributed by atoms with Crippen LogP contribution in [0.4, 0.5) is 11.9 Å². The Kier molecular flexibility index (Phi) is 5.00. The molecule has 0 saturated carbocycles. The van der Waals surface area contributed by atoms with Gasteiger partial charge in [0.2, 0.25) is 11.9 Å². The van der Waals surface area contributed by atoms with E-state index in [2.05, 4.69) is 26.5 Å². The standard InChI is InChI=1S/C15H17N7OS2/c1-4-6-22-12(23)9-5-7-24-11(9)19-15(22)25-8-10-17-13(16)20-14(18-10)21(2)3/h4-5,7H,1,6,8H2,2-3H3,(H2,16,17,18,20). The third kappa shape index (κ3) is 3.64. The predicted molar refractivity (Wildman–Crippen MR) is 102 cm³/mol. The molecule has 130 valence electrons. The van der Waals surface area contributed by atoms with Crippen LogP contribution in [0.25, 0.3) is 10.2 Å². The Morgan fingerprint density at radius 3 is 2.88 bits per heavy atom. The van der Waals surface area contributed by atoms with E-state index in [0.717, 1.165) is 4.83 Å². The average Bonchev–Trinajstić information content (AvgIpc) is 3.04. The van der Waals surface area contributed by atoms with Gasteiger partial charge < -0.3 is 10.6 Å². The van der Waals surface area contributed by atoms with Crippen molar-refractivity contribution in [2.75, 3.05) is 24.7 Å². The Morgan fingerprint density at radius 1 is 1.36 bits per heavy atom. The van der Waals surface area contributed by atoms with Gasteiger partial charge in [0, 0.05) is 20.6 Å². The first kappa shape index (κ1) is 17.4. The van der Waals surface area contributed by atoms with Crippen LogP contribution >= 0.6 is 23.1 Å². The lowest BCUT2D eigenvalue weighted by Gasteiger charge is -2.12. The molecule has 2 N–H and O–H groups in total. The third-order valence-electron chi connectivity index (χ3n) is 3.28. The number of fused-ring (bicyclic) bond motifs is 1. The van der Waals surface area contributed by atoms with E-state index in [0.29, 0.717) is 34.6 Å². The molecule has 25 heavy (non-hydrogen) atoms. The largest absolute Gasteiger partial charge is 0.368 e. The zero-order valence-electron chi connectivity index (χ0n) is 13.8. The maximum absolute atomic E-state index is 12.6. The molecule has 0 aliphatic carbocycles. The Balaban J connectivity index is 1.94. The van der Waals surface area contributed by atoms with Gasteiger partial charge in [-0.05, 0) is 11.4 Å². The minimum absolute atomic E-state index is 0.0715. The number of anilines is 2. The molecule has 0 unspecified atom stereocenters. The zero-order chi connectivity index (χ0) is 18.0. The van der Waals surface area contributed by atoms with Crippen molar-refractivity contribution in [3.63, 3.8) is 0 Å². The molecule has 0 aliphatic heterocycles. The summed E-state index contributed by atoms with van der Waals surface area (Å²) in [4.78, 5) is 32.3. The fourth-order valence-corrected chi connectivity index (χ4v) is 3.82. The van der Waals surface area contributed by atoms with E-state index in [4.69, 9.17) is 5.73 Å². The van der Waals surface area contributed by atoms with Crippen molar-refractivity contribution >= 4 is 45.2 Å². The lowest BCUT2D eigenvalue weighted by atomic mass is 10.4. The fraction of sp³-hybridized carbons (Fsp3) is 0.267. The second-order valence-electron chi connectivity index (χ2n) is 5.33. The topological polar surface area (TPSA) is 103 Å². The number of nitrogen functional groups attached to an aromatic ring is 1. The van der Waals surface area contributed by atoms with Crippen LogP contribution in [0.1, 0.15) is 5.82 Å². The van der Waals surface area contributed by atoms with Gasteiger partial charge in [0.15, 0.2) is 5.16 Å². The number of thiophene rings is 1. The quantitative estimate of drug-likeness (QED) is 0.395. The van der Waals surface area contributed by atoms with Crippen LogP contribution in [-0.4, -0.2) is 38.6 Å². The Hall–Kier alpha value is -2.46. The summed E-state index contributed by atoms with van der Waals surface area (Å²) in [6.07, 6.45) is 1.68. The first-order chi connectivity index (χ1) is 12.0. The molecule has 3 rings (SSSR count). The summed E-state index contributed by atoms with van der Waals surface area (Å²) < 4.78 is 1.60. The Morgan fingerprint density at radius 2 is 2.16 bits per heavy atom. The lowest BCUT2D eigenvalue weighted by molar-refractivity contribution is 0.672. The summed E-state index contributed by atoms with van der Waals surface area (Å²) in [7, 11) is 3.67. The summed E-state index contributed by atoms with van der Waals surface area (Å²) >= 11 is 2.83. The number of allylic oxidation sites excluding steroid dienone is 1. The molecule has 0 spiro atoms.